The highest BCUT2D eigenvalue weighted by atomic mass is 35.5. The predicted molar refractivity (Wildman–Crippen MR) is 132 cm³/mol. The average Bonchev–Trinajstić information content (AvgIpc) is 3.24. The van der Waals surface area contributed by atoms with Gasteiger partial charge in [0.15, 0.2) is 0 Å². The SMILES string of the molecule is O=C(CN(c1ccccc1)S(=O)(=O)c1ccc(Cl)cc1)NCCCN1CCc2ccccc21. The molecule has 0 spiro atoms. The summed E-state index contributed by atoms with van der Waals surface area (Å²) in [5.41, 5.74) is 3.04. The summed E-state index contributed by atoms with van der Waals surface area (Å²) >= 11 is 5.91. The van der Waals surface area contributed by atoms with Gasteiger partial charge in [-0.15, -0.1) is 0 Å². The Morgan fingerprint density at radius 1 is 0.970 bits per heavy atom. The molecule has 1 aliphatic rings. The Balaban J connectivity index is 1.38. The molecule has 3 aromatic carbocycles. The zero-order valence-corrected chi connectivity index (χ0v) is 19.7. The highest BCUT2D eigenvalue weighted by Gasteiger charge is 2.27. The van der Waals surface area contributed by atoms with E-state index in [-0.39, 0.29) is 17.3 Å². The molecule has 1 aliphatic heterocycles. The topological polar surface area (TPSA) is 69.7 Å². The lowest BCUT2D eigenvalue weighted by atomic mass is 10.2. The van der Waals surface area contributed by atoms with Gasteiger partial charge < -0.3 is 10.2 Å². The maximum absolute atomic E-state index is 13.3. The van der Waals surface area contributed by atoms with Gasteiger partial charge in [-0.25, -0.2) is 8.42 Å². The number of para-hydroxylation sites is 2. The second-order valence-corrected chi connectivity index (χ2v) is 10.2. The van der Waals surface area contributed by atoms with E-state index in [1.807, 2.05) is 6.07 Å². The van der Waals surface area contributed by atoms with Gasteiger partial charge in [0, 0.05) is 30.3 Å². The molecular weight excluding hydrogens is 458 g/mol. The van der Waals surface area contributed by atoms with Gasteiger partial charge in [-0.3, -0.25) is 9.10 Å². The van der Waals surface area contributed by atoms with Crippen molar-refractivity contribution in [1.82, 2.24) is 5.32 Å². The molecule has 1 heterocycles. The Bertz CT molecular complexity index is 1200. The Labute approximate surface area is 199 Å². The maximum Gasteiger partial charge on any atom is 0.264 e. The number of halogens is 1. The van der Waals surface area contributed by atoms with Crippen LogP contribution in [-0.2, 0) is 21.2 Å². The number of hydrogen-bond acceptors (Lipinski definition) is 4. The lowest BCUT2D eigenvalue weighted by molar-refractivity contribution is -0.119. The van der Waals surface area contributed by atoms with Crippen molar-refractivity contribution in [1.29, 1.82) is 0 Å². The molecule has 0 bridgehead atoms. The lowest BCUT2D eigenvalue weighted by Crippen LogP contribution is -2.41. The zero-order valence-electron chi connectivity index (χ0n) is 18.2. The molecule has 1 N–H and O–H groups in total. The number of carbonyl (C=O) groups is 1. The highest BCUT2D eigenvalue weighted by Crippen LogP contribution is 2.27. The minimum Gasteiger partial charge on any atom is -0.371 e. The monoisotopic (exact) mass is 483 g/mol. The Hall–Kier alpha value is -3.03. The van der Waals surface area contributed by atoms with Gasteiger partial charge in [-0.05, 0) is 60.9 Å². The highest BCUT2D eigenvalue weighted by molar-refractivity contribution is 7.92. The van der Waals surface area contributed by atoms with E-state index in [1.165, 1.54) is 35.5 Å². The number of carbonyl (C=O) groups excluding carboxylic acids is 1. The van der Waals surface area contributed by atoms with Crippen molar-refractivity contribution in [2.24, 2.45) is 0 Å². The summed E-state index contributed by atoms with van der Waals surface area (Å²) in [6, 6.07) is 22.9. The predicted octanol–water partition coefficient (Wildman–Crippen LogP) is 4.10. The molecule has 0 atom stereocenters. The first-order valence-electron chi connectivity index (χ1n) is 10.9. The van der Waals surface area contributed by atoms with E-state index in [2.05, 4.69) is 28.4 Å². The molecule has 0 aromatic heterocycles. The number of hydrogen-bond donors (Lipinski definition) is 1. The number of sulfonamides is 1. The summed E-state index contributed by atoms with van der Waals surface area (Å²) < 4.78 is 27.7. The molecule has 1 amide bonds. The van der Waals surface area contributed by atoms with Crippen LogP contribution < -0.4 is 14.5 Å². The van der Waals surface area contributed by atoms with E-state index in [4.69, 9.17) is 11.6 Å². The van der Waals surface area contributed by atoms with E-state index in [9.17, 15) is 13.2 Å². The maximum atomic E-state index is 13.3. The van der Waals surface area contributed by atoms with Crippen LogP contribution in [0.25, 0.3) is 0 Å². The number of nitrogens with zero attached hydrogens (tertiary/aromatic N) is 2. The zero-order chi connectivity index (χ0) is 23.3. The van der Waals surface area contributed by atoms with Crippen molar-refractivity contribution in [3.63, 3.8) is 0 Å². The molecule has 33 heavy (non-hydrogen) atoms. The molecule has 0 unspecified atom stereocenters. The molecule has 0 saturated carbocycles. The first kappa shape index (κ1) is 23.1. The van der Waals surface area contributed by atoms with Crippen LogP contribution in [-0.4, -0.2) is 40.5 Å². The number of fused-ring (bicyclic) bond motifs is 1. The van der Waals surface area contributed by atoms with Gasteiger partial charge >= 0.3 is 0 Å². The third kappa shape index (κ3) is 5.49. The quantitative estimate of drug-likeness (QED) is 0.465. The van der Waals surface area contributed by atoms with Crippen LogP contribution in [0.3, 0.4) is 0 Å². The van der Waals surface area contributed by atoms with Gasteiger partial charge in [-0.1, -0.05) is 48.0 Å². The molecule has 6 nitrogen and oxygen atoms in total. The van der Waals surface area contributed by atoms with Crippen molar-refractivity contribution in [3.05, 3.63) is 89.4 Å². The van der Waals surface area contributed by atoms with Crippen molar-refractivity contribution in [2.45, 2.75) is 17.7 Å². The van der Waals surface area contributed by atoms with Gasteiger partial charge in [0.25, 0.3) is 10.0 Å². The largest absolute Gasteiger partial charge is 0.371 e. The minimum atomic E-state index is -3.94. The van der Waals surface area contributed by atoms with E-state index in [0.29, 0.717) is 17.3 Å². The molecule has 3 aromatic rings. The van der Waals surface area contributed by atoms with Crippen molar-refractivity contribution < 1.29 is 13.2 Å². The fraction of sp³-hybridized carbons (Fsp3) is 0.240. The van der Waals surface area contributed by atoms with E-state index < -0.39 is 10.0 Å². The van der Waals surface area contributed by atoms with Crippen LogP contribution in [0.1, 0.15) is 12.0 Å². The van der Waals surface area contributed by atoms with Crippen molar-refractivity contribution in [3.8, 4) is 0 Å². The van der Waals surface area contributed by atoms with Crippen LogP contribution in [0.5, 0.6) is 0 Å². The van der Waals surface area contributed by atoms with Crippen molar-refractivity contribution >= 4 is 38.9 Å². The summed E-state index contributed by atoms with van der Waals surface area (Å²) in [5, 5.41) is 3.31. The fourth-order valence-corrected chi connectivity index (χ4v) is 5.51. The summed E-state index contributed by atoms with van der Waals surface area (Å²) in [6.45, 7) is 1.99. The second-order valence-electron chi connectivity index (χ2n) is 7.87. The van der Waals surface area contributed by atoms with Gasteiger partial charge in [0.1, 0.15) is 6.54 Å². The van der Waals surface area contributed by atoms with Gasteiger partial charge in [-0.2, -0.15) is 0 Å². The first-order chi connectivity index (χ1) is 15.9. The number of rotatable bonds is 9. The standard InChI is InChI=1S/C25H26ClN3O3S/c26-21-11-13-23(14-12-21)33(31,32)29(22-8-2-1-3-9-22)19-25(30)27-16-6-17-28-18-15-20-7-4-5-10-24(20)28/h1-5,7-14H,6,15-19H2,(H,27,30). The van der Waals surface area contributed by atoms with Crippen LogP contribution in [0.2, 0.25) is 5.02 Å². The van der Waals surface area contributed by atoms with E-state index >= 15 is 0 Å². The number of amides is 1. The minimum absolute atomic E-state index is 0.0799. The molecule has 0 saturated heterocycles. The van der Waals surface area contributed by atoms with Gasteiger partial charge in [0.05, 0.1) is 10.6 Å². The summed E-state index contributed by atoms with van der Waals surface area (Å²) in [7, 11) is -3.94. The normalized spacial score (nSPS) is 12.9. The summed E-state index contributed by atoms with van der Waals surface area (Å²) in [6.07, 6.45) is 1.81. The van der Waals surface area contributed by atoms with Gasteiger partial charge in [0.2, 0.25) is 5.91 Å². The molecule has 172 valence electrons. The van der Waals surface area contributed by atoms with Crippen molar-refractivity contribution in [2.75, 3.05) is 35.4 Å². The molecule has 0 aliphatic carbocycles. The third-order valence-corrected chi connectivity index (χ3v) is 7.68. The van der Waals surface area contributed by atoms with Crippen LogP contribution in [0.15, 0.2) is 83.8 Å². The lowest BCUT2D eigenvalue weighted by Gasteiger charge is -2.24. The van der Waals surface area contributed by atoms with Crippen LogP contribution >= 0.6 is 11.6 Å². The molecule has 8 heteroatoms. The molecular formula is C25H26ClN3O3S. The first-order valence-corrected chi connectivity index (χ1v) is 12.7. The van der Waals surface area contributed by atoms with E-state index in [0.717, 1.165) is 30.2 Å². The smallest absolute Gasteiger partial charge is 0.264 e. The average molecular weight is 484 g/mol. The molecule has 0 fully saturated rings. The fourth-order valence-electron chi connectivity index (χ4n) is 3.97. The summed E-state index contributed by atoms with van der Waals surface area (Å²) in [5.74, 6) is -0.349. The molecule has 0 radical (unpaired) electrons. The summed E-state index contributed by atoms with van der Waals surface area (Å²) in [4.78, 5) is 15.1. The Morgan fingerprint density at radius 3 is 2.42 bits per heavy atom. The number of nitrogens with one attached hydrogen (secondary N) is 1. The van der Waals surface area contributed by atoms with E-state index in [1.54, 1.807) is 30.3 Å². The Morgan fingerprint density at radius 2 is 1.67 bits per heavy atom. The van der Waals surface area contributed by atoms with Crippen LogP contribution in [0, 0.1) is 0 Å². The number of anilines is 2. The Kier molecular flexibility index (Phi) is 7.20. The third-order valence-electron chi connectivity index (χ3n) is 5.64. The van der Waals surface area contributed by atoms with Crippen LogP contribution in [0.4, 0.5) is 11.4 Å². The second kappa shape index (κ2) is 10.3. The molecule has 4 rings (SSSR count). The number of benzene rings is 3.